The number of benzene rings is 1. The van der Waals surface area contributed by atoms with Crippen LogP contribution in [0.2, 0.25) is 0 Å². The van der Waals surface area contributed by atoms with Crippen molar-refractivity contribution in [2.45, 2.75) is 31.5 Å². The summed E-state index contributed by atoms with van der Waals surface area (Å²) in [6.07, 6.45) is 2.03. The Labute approximate surface area is 119 Å². The van der Waals surface area contributed by atoms with E-state index in [1.54, 1.807) is 33.5 Å². The van der Waals surface area contributed by atoms with Gasteiger partial charge in [0.05, 0.1) is 27.4 Å². The molecule has 1 aliphatic heterocycles. The van der Waals surface area contributed by atoms with Crippen LogP contribution >= 0.6 is 0 Å². The monoisotopic (exact) mass is 282 g/mol. The molecule has 0 saturated carbocycles. The predicted octanol–water partition coefficient (Wildman–Crippen LogP) is 2.31. The van der Waals surface area contributed by atoms with Gasteiger partial charge in [0.2, 0.25) is 5.75 Å². The molecule has 1 aliphatic rings. The minimum atomic E-state index is -0.731. The minimum Gasteiger partial charge on any atom is -0.493 e. The molecule has 1 heterocycles. The number of aliphatic hydroxyl groups excluding tert-OH is 1. The summed E-state index contributed by atoms with van der Waals surface area (Å²) in [5.41, 5.74) is 0.664. The molecule has 1 aromatic carbocycles. The number of rotatable bonds is 5. The van der Waals surface area contributed by atoms with Gasteiger partial charge < -0.3 is 24.1 Å². The molecule has 0 radical (unpaired) electrons. The highest BCUT2D eigenvalue weighted by atomic mass is 16.5. The fourth-order valence-electron chi connectivity index (χ4n) is 2.57. The Morgan fingerprint density at radius 2 is 1.85 bits per heavy atom. The Morgan fingerprint density at radius 3 is 2.40 bits per heavy atom. The van der Waals surface area contributed by atoms with E-state index in [2.05, 4.69) is 0 Å². The Balaban J connectivity index is 2.34. The summed E-state index contributed by atoms with van der Waals surface area (Å²) >= 11 is 0. The molecule has 112 valence electrons. The zero-order chi connectivity index (χ0) is 14.5. The summed E-state index contributed by atoms with van der Waals surface area (Å²) in [7, 11) is 4.67. The van der Waals surface area contributed by atoms with E-state index < -0.39 is 6.10 Å². The number of aliphatic hydroxyl groups is 1. The number of ether oxygens (including phenoxy) is 4. The molecule has 1 fully saturated rings. The van der Waals surface area contributed by atoms with Crippen LogP contribution in [0.15, 0.2) is 12.1 Å². The molecule has 2 rings (SSSR count). The van der Waals surface area contributed by atoms with E-state index in [0.29, 0.717) is 29.4 Å². The predicted molar refractivity (Wildman–Crippen MR) is 74.6 cm³/mol. The van der Waals surface area contributed by atoms with Gasteiger partial charge in [0, 0.05) is 12.2 Å². The first-order valence-corrected chi connectivity index (χ1v) is 6.81. The van der Waals surface area contributed by atoms with Crippen molar-refractivity contribution in [2.75, 3.05) is 27.9 Å². The fraction of sp³-hybridized carbons (Fsp3) is 0.600. The van der Waals surface area contributed by atoms with E-state index in [1.165, 1.54) is 0 Å². The van der Waals surface area contributed by atoms with E-state index >= 15 is 0 Å². The van der Waals surface area contributed by atoms with Crippen LogP contribution in [-0.4, -0.2) is 39.1 Å². The highest BCUT2D eigenvalue weighted by Gasteiger charge is 2.28. The van der Waals surface area contributed by atoms with Crippen molar-refractivity contribution in [1.29, 1.82) is 0 Å². The zero-order valence-corrected chi connectivity index (χ0v) is 12.2. The van der Waals surface area contributed by atoms with Crippen LogP contribution < -0.4 is 14.2 Å². The van der Waals surface area contributed by atoms with Crippen molar-refractivity contribution < 1.29 is 24.1 Å². The third-order valence-electron chi connectivity index (χ3n) is 3.62. The maximum Gasteiger partial charge on any atom is 0.203 e. The third-order valence-corrected chi connectivity index (χ3v) is 3.62. The number of hydrogen-bond acceptors (Lipinski definition) is 5. The zero-order valence-electron chi connectivity index (χ0n) is 12.2. The molecule has 0 spiro atoms. The molecular weight excluding hydrogens is 260 g/mol. The van der Waals surface area contributed by atoms with Gasteiger partial charge in [0.1, 0.15) is 6.10 Å². The molecular formula is C15H22O5. The van der Waals surface area contributed by atoms with E-state index in [9.17, 15) is 5.11 Å². The Kier molecular flexibility index (Phi) is 5.09. The van der Waals surface area contributed by atoms with Gasteiger partial charge >= 0.3 is 0 Å². The van der Waals surface area contributed by atoms with Crippen molar-refractivity contribution in [3.8, 4) is 17.2 Å². The average molecular weight is 282 g/mol. The van der Waals surface area contributed by atoms with Crippen LogP contribution in [0.1, 0.15) is 30.9 Å². The second-order valence-electron chi connectivity index (χ2n) is 4.77. The smallest absolute Gasteiger partial charge is 0.203 e. The summed E-state index contributed by atoms with van der Waals surface area (Å²) in [4.78, 5) is 0. The van der Waals surface area contributed by atoms with Crippen molar-refractivity contribution in [1.82, 2.24) is 0 Å². The highest BCUT2D eigenvalue weighted by molar-refractivity contribution is 5.56. The normalized spacial score (nSPS) is 20.3. The van der Waals surface area contributed by atoms with Crippen molar-refractivity contribution in [2.24, 2.45) is 0 Å². The van der Waals surface area contributed by atoms with Crippen molar-refractivity contribution in [3.63, 3.8) is 0 Å². The summed E-state index contributed by atoms with van der Waals surface area (Å²) in [5, 5.41) is 10.5. The molecule has 0 aromatic heterocycles. The second kappa shape index (κ2) is 6.81. The van der Waals surface area contributed by atoms with Crippen molar-refractivity contribution in [3.05, 3.63) is 17.7 Å². The van der Waals surface area contributed by atoms with Gasteiger partial charge in [-0.1, -0.05) is 0 Å². The molecule has 2 unspecified atom stereocenters. The summed E-state index contributed by atoms with van der Waals surface area (Å²) in [6.45, 7) is 0.692. The Morgan fingerprint density at radius 1 is 1.10 bits per heavy atom. The van der Waals surface area contributed by atoms with Gasteiger partial charge in [-0.2, -0.15) is 0 Å². The molecule has 2 atom stereocenters. The quantitative estimate of drug-likeness (QED) is 0.898. The van der Waals surface area contributed by atoms with Gasteiger partial charge in [0.15, 0.2) is 11.5 Å². The van der Waals surface area contributed by atoms with E-state index in [0.717, 1.165) is 19.3 Å². The first-order chi connectivity index (χ1) is 9.72. The van der Waals surface area contributed by atoms with Crippen LogP contribution in [0.25, 0.3) is 0 Å². The van der Waals surface area contributed by atoms with Crippen LogP contribution in [0.5, 0.6) is 17.2 Å². The SMILES string of the molecule is COc1ccc(C(O)C2CCCCO2)c(OC)c1OC. The standard InChI is InChI=1S/C15H22O5/c1-17-12-8-7-10(14(18-2)15(12)19-3)13(16)11-6-4-5-9-20-11/h7-8,11,13,16H,4-6,9H2,1-3H3. The number of methoxy groups -OCH3 is 3. The van der Waals surface area contributed by atoms with Crippen LogP contribution in [0.3, 0.4) is 0 Å². The molecule has 20 heavy (non-hydrogen) atoms. The third kappa shape index (κ3) is 2.83. The van der Waals surface area contributed by atoms with E-state index in [1.807, 2.05) is 0 Å². The number of hydrogen-bond donors (Lipinski definition) is 1. The molecule has 0 aliphatic carbocycles. The largest absolute Gasteiger partial charge is 0.493 e. The molecule has 1 saturated heterocycles. The summed E-state index contributed by atoms with van der Waals surface area (Å²) in [5.74, 6) is 1.56. The lowest BCUT2D eigenvalue weighted by atomic mass is 9.97. The Bertz CT molecular complexity index is 440. The lowest BCUT2D eigenvalue weighted by Crippen LogP contribution is -2.26. The average Bonchev–Trinajstić information content (AvgIpc) is 2.53. The maximum absolute atomic E-state index is 10.5. The molecule has 5 nitrogen and oxygen atoms in total. The lowest BCUT2D eigenvalue weighted by molar-refractivity contribution is -0.0640. The van der Waals surface area contributed by atoms with E-state index in [4.69, 9.17) is 18.9 Å². The molecule has 0 amide bonds. The van der Waals surface area contributed by atoms with Crippen molar-refractivity contribution >= 4 is 0 Å². The highest BCUT2D eigenvalue weighted by Crippen LogP contribution is 2.43. The van der Waals surface area contributed by atoms with Crippen LogP contribution in [0.4, 0.5) is 0 Å². The van der Waals surface area contributed by atoms with Crippen LogP contribution in [0, 0.1) is 0 Å². The van der Waals surface area contributed by atoms with Gasteiger partial charge in [0.25, 0.3) is 0 Å². The summed E-state index contributed by atoms with van der Waals surface area (Å²) in [6, 6.07) is 3.56. The van der Waals surface area contributed by atoms with Gasteiger partial charge in [-0.15, -0.1) is 0 Å². The lowest BCUT2D eigenvalue weighted by Gasteiger charge is -2.28. The molecule has 0 bridgehead atoms. The fourth-order valence-corrected chi connectivity index (χ4v) is 2.57. The minimum absolute atomic E-state index is 0.198. The molecule has 5 heteroatoms. The van der Waals surface area contributed by atoms with Gasteiger partial charge in [-0.05, 0) is 31.4 Å². The maximum atomic E-state index is 10.5. The van der Waals surface area contributed by atoms with E-state index in [-0.39, 0.29) is 6.10 Å². The first-order valence-electron chi connectivity index (χ1n) is 6.81. The molecule has 1 N–H and O–H groups in total. The Hall–Kier alpha value is -1.46. The topological polar surface area (TPSA) is 57.2 Å². The van der Waals surface area contributed by atoms with Gasteiger partial charge in [-0.3, -0.25) is 0 Å². The molecule has 1 aromatic rings. The van der Waals surface area contributed by atoms with Gasteiger partial charge in [-0.25, -0.2) is 0 Å². The summed E-state index contributed by atoms with van der Waals surface area (Å²) < 4.78 is 21.6. The first kappa shape index (κ1) is 14.9. The van der Waals surface area contributed by atoms with Crippen LogP contribution in [-0.2, 0) is 4.74 Å². The second-order valence-corrected chi connectivity index (χ2v) is 4.77.